The van der Waals surface area contributed by atoms with E-state index in [4.69, 9.17) is 18.9 Å². The van der Waals surface area contributed by atoms with Gasteiger partial charge in [-0.05, 0) is 57.5 Å². The summed E-state index contributed by atoms with van der Waals surface area (Å²) in [5.74, 6) is 0.835. The number of thiazole rings is 1. The number of hydrogen-bond acceptors (Lipinski definition) is 8. The minimum Gasteiger partial charge on any atom is -0.490 e. The van der Waals surface area contributed by atoms with Crippen molar-refractivity contribution in [3.8, 4) is 17.2 Å². The van der Waals surface area contributed by atoms with Gasteiger partial charge in [-0.2, -0.15) is 0 Å². The molecule has 1 fully saturated rings. The van der Waals surface area contributed by atoms with Gasteiger partial charge >= 0.3 is 0 Å². The standard InChI is InChI=1S/C27H34FN3O5S.ClH/c1-4-34-22-16-19(17-23(35-5-2)25(22)36-6-3)26(32)31(11-7-10-30-12-14-33-15-13-30)27-29-21-9-8-20(28)18-24(21)37-27;/h8-9,16-18H,4-7,10-15H2,1-3H3;1H. The van der Waals surface area contributed by atoms with E-state index in [0.29, 0.717) is 64.5 Å². The second-order valence-corrected chi connectivity index (χ2v) is 9.48. The van der Waals surface area contributed by atoms with Crippen LogP contribution >= 0.6 is 23.7 Å². The summed E-state index contributed by atoms with van der Waals surface area (Å²) in [4.78, 5) is 22.7. The first-order valence-electron chi connectivity index (χ1n) is 12.8. The molecule has 2 heterocycles. The van der Waals surface area contributed by atoms with Crippen LogP contribution in [0.15, 0.2) is 30.3 Å². The molecular formula is C27H35ClFN3O5S. The van der Waals surface area contributed by atoms with Gasteiger partial charge in [-0.25, -0.2) is 9.37 Å². The predicted octanol–water partition coefficient (Wildman–Crippen LogP) is 5.42. The van der Waals surface area contributed by atoms with Crippen molar-refractivity contribution in [2.75, 3.05) is 64.1 Å². The maximum atomic E-state index is 14.0. The first-order chi connectivity index (χ1) is 18.0. The number of carbonyl (C=O) groups excluding carboxylic acids is 1. The predicted molar refractivity (Wildman–Crippen MR) is 150 cm³/mol. The van der Waals surface area contributed by atoms with Crippen molar-refractivity contribution in [3.63, 3.8) is 0 Å². The number of nitrogens with zero attached hydrogens (tertiary/aromatic N) is 3. The van der Waals surface area contributed by atoms with Gasteiger partial charge in [0.2, 0.25) is 5.75 Å². The van der Waals surface area contributed by atoms with E-state index in [9.17, 15) is 9.18 Å². The summed E-state index contributed by atoms with van der Waals surface area (Å²) in [5, 5.41) is 0.525. The van der Waals surface area contributed by atoms with E-state index in [2.05, 4.69) is 9.88 Å². The third kappa shape index (κ3) is 7.25. The van der Waals surface area contributed by atoms with Crippen molar-refractivity contribution >= 4 is 45.0 Å². The SMILES string of the molecule is CCOc1cc(C(=O)N(CCCN2CCOCC2)c2nc3ccc(F)cc3s2)cc(OCC)c1OCC.Cl. The Morgan fingerprint density at radius 2 is 1.71 bits per heavy atom. The Balaban J connectivity index is 0.00000400. The molecule has 1 amide bonds. The smallest absolute Gasteiger partial charge is 0.260 e. The third-order valence-corrected chi connectivity index (χ3v) is 6.97. The number of aromatic nitrogens is 1. The lowest BCUT2D eigenvalue weighted by molar-refractivity contribution is 0.0376. The summed E-state index contributed by atoms with van der Waals surface area (Å²) in [6.07, 6.45) is 0.754. The van der Waals surface area contributed by atoms with Gasteiger partial charge in [0.05, 0.1) is 43.3 Å². The van der Waals surface area contributed by atoms with Crippen LogP contribution in [0, 0.1) is 5.82 Å². The van der Waals surface area contributed by atoms with Crippen LogP contribution in [0.1, 0.15) is 37.6 Å². The summed E-state index contributed by atoms with van der Waals surface area (Å²) < 4.78 is 37.4. The molecule has 8 nitrogen and oxygen atoms in total. The maximum Gasteiger partial charge on any atom is 0.260 e. The lowest BCUT2D eigenvalue weighted by Gasteiger charge is -2.28. The van der Waals surface area contributed by atoms with E-state index in [1.807, 2.05) is 20.8 Å². The Morgan fingerprint density at radius 1 is 1.05 bits per heavy atom. The van der Waals surface area contributed by atoms with Gasteiger partial charge in [0, 0.05) is 31.7 Å². The monoisotopic (exact) mass is 567 g/mol. The van der Waals surface area contributed by atoms with Gasteiger partial charge in [0.1, 0.15) is 5.82 Å². The van der Waals surface area contributed by atoms with Crippen LogP contribution in [0.2, 0.25) is 0 Å². The minimum absolute atomic E-state index is 0. The van der Waals surface area contributed by atoms with Crippen LogP contribution < -0.4 is 19.1 Å². The Morgan fingerprint density at radius 3 is 2.34 bits per heavy atom. The molecule has 0 atom stereocenters. The largest absolute Gasteiger partial charge is 0.490 e. The number of anilines is 1. The van der Waals surface area contributed by atoms with Crippen LogP contribution in [0.25, 0.3) is 10.2 Å². The molecule has 1 aliphatic heterocycles. The van der Waals surface area contributed by atoms with E-state index in [1.54, 1.807) is 23.1 Å². The molecule has 3 aromatic rings. The van der Waals surface area contributed by atoms with Crippen molar-refractivity contribution < 1.29 is 28.1 Å². The van der Waals surface area contributed by atoms with Crippen molar-refractivity contribution in [2.24, 2.45) is 0 Å². The second-order valence-electron chi connectivity index (χ2n) is 8.47. The van der Waals surface area contributed by atoms with E-state index < -0.39 is 0 Å². The topological polar surface area (TPSA) is 73.4 Å². The number of hydrogen-bond donors (Lipinski definition) is 0. The molecule has 0 spiro atoms. The van der Waals surface area contributed by atoms with E-state index in [0.717, 1.165) is 39.3 Å². The highest BCUT2D eigenvalue weighted by molar-refractivity contribution is 7.22. The summed E-state index contributed by atoms with van der Waals surface area (Å²) in [6, 6.07) is 7.86. The summed E-state index contributed by atoms with van der Waals surface area (Å²) >= 11 is 1.30. The lowest BCUT2D eigenvalue weighted by atomic mass is 10.1. The fourth-order valence-electron chi connectivity index (χ4n) is 4.23. The number of fused-ring (bicyclic) bond motifs is 1. The molecule has 0 aliphatic carbocycles. The molecule has 2 aromatic carbocycles. The molecule has 1 aromatic heterocycles. The Hall–Kier alpha value is -2.66. The van der Waals surface area contributed by atoms with Crippen LogP contribution in [0.3, 0.4) is 0 Å². The lowest BCUT2D eigenvalue weighted by Crippen LogP contribution is -2.39. The molecule has 1 aliphatic rings. The molecule has 0 unspecified atom stereocenters. The van der Waals surface area contributed by atoms with E-state index in [-0.39, 0.29) is 24.1 Å². The fourth-order valence-corrected chi connectivity index (χ4v) is 5.25. The molecule has 1 saturated heterocycles. The molecule has 0 bridgehead atoms. The number of amides is 1. The quantitative estimate of drug-likeness (QED) is 0.289. The van der Waals surface area contributed by atoms with Gasteiger partial charge in [-0.15, -0.1) is 12.4 Å². The number of ether oxygens (including phenoxy) is 4. The number of morpholine rings is 1. The average molecular weight is 568 g/mol. The number of carbonyl (C=O) groups is 1. The zero-order valence-corrected chi connectivity index (χ0v) is 23.7. The molecule has 0 N–H and O–H groups in total. The van der Waals surface area contributed by atoms with Crippen LogP contribution in [0.4, 0.5) is 9.52 Å². The van der Waals surface area contributed by atoms with Gasteiger partial charge in [-0.1, -0.05) is 11.3 Å². The summed E-state index contributed by atoms with van der Waals surface area (Å²) in [6.45, 7) is 11.4. The van der Waals surface area contributed by atoms with Crippen molar-refractivity contribution in [1.82, 2.24) is 9.88 Å². The first-order valence-corrected chi connectivity index (χ1v) is 13.6. The highest BCUT2D eigenvalue weighted by Crippen LogP contribution is 2.40. The normalized spacial score (nSPS) is 13.7. The Kier molecular flexibility index (Phi) is 11.4. The van der Waals surface area contributed by atoms with Crippen molar-refractivity contribution in [2.45, 2.75) is 27.2 Å². The number of rotatable bonds is 12. The Labute approximate surface area is 233 Å². The van der Waals surface area contributed by atoms with Crippen molar-refractivity contribution in [1.29, 1.82) is 0 Å². The molecule has 4 rings (SSSR count). The summed E-state index contributed by atoms with van der Waals surface area (Å²) in [5.41, 5.74) is 1.07. The molecular weight excluding hydrogens is 533 g/mol. The average Bonchev–Trinajstić information content (AvgIpc) is 3.31. The first kappa shape index (κ1) is 29.9. The molecule has 11 heteroatoms. The van der Waals surface area contributed by atoms with Crippen LogP contribution in [-0.4, -0.2) is 75.0 Å². The van der Waals surface area contributed by atoms with Gasteiger partial charge < -0.3 is 18.9 Å². The Bertz CT molecular complexity index is 1180. The molecule has 208 valence electrons. The van der Waals surface area contributed by atoms with Crippen LogP contribution in [-0.2, 0) is 4.74 Å². The minimum atomic E-state index is -0.331. The molecule has 0 saturated carbocycles. The highest BCUT2D eigenvalue weighted by Gasteiger charge is 2.25. The third-order valence-electron chi connectivity index (χ3n) is 5.93. The van der Waals surface area contributed by atoms with E-state index in [1.165, 1.54) is 23.5 Å². The number of halogens is 2. The van der Waals surface area contributed by atoms with Crippen molar-refractivity contribution in [3.05, 3.63) is 41.7 Å². The van der Waals surface area contributed by atoms with Crippen LogP contribution in [0.5, 0.6) is 17.2 Å². The number of benzene rings is 2. The highest BCUT2D eigenvalue weighted by atomic mass is 35.5. The van der Waals surface area contributed by atoms with Gasteiger partial charge in [-0.3, -0.25) is 14.6 Å². The fraction of sp³-hybridized carbons (Fsp3) is 0.481. The zero-order chi connectivity index (χ0) is 26.2. The zero-order valence-electron chi connectivity index (χ0n) is 22.0. The molecule has 0 radical (unpaired) electrons. The summed E-state index contributed by atoms with van der Waals surface area (Å²) in [7, 11) is 0. The molecule has 38 heavy (non-hydrogen) atoms. The second kappa shape index (κ2) is 14.5. The van der Waals surface area contributed by atoms with Gasteiger partial charge in [0.15, 0.2) is 16.6 Å². The maximum absolute atomic E-state index is 14.0. The van der Waals surface area contributed by atoms with E-state index >= 15 is 0 Å². The van der Waals surface area contributed by atoms with Gasteiger partial charge in [0.25, 0.3) is 5.91 Å².